The van der Waals surface area contributed by atoms with Gasteiger partial charge in [0.25, 0.3) is 5.91 Å². The Labute approximate surface area is 294 Å². The van der Waals surface area contributed by atoms with E-state index in [0.717, 1.165) is 78.7 Å². The van der Waals surface area contributed by atoms with Gasteiger partial charge >= 0.3 is 0 Å². The van der Waals surface area contributed by atoms with E-state index in [4.69, 9.17) is 9.47 Å². The van der Waals surface area contributed by atoms with Crippen molar-refractivity contribution in [1.82, 2.24) is 19.1 Å². The van der Waals surface area contributed by atoms with Crippen LogP contribution in [0.5, 0.6) is 5.75 Å². The smallest absolute Gasteiger partial charge is 0.264 e. The molecule has 2 bridgehead atoms. The summed E-state index contributed by atoms with van der Waals surface area (Å²) in [5, 5.41) is 0.568. The van der Waals surface area contributed by atoms with E-state index in [1.165, 1.54) is 24.8 Å². The van der Waals surface area contributed by atoms with Crippen LogP contribution in [-0.2, 0) is 26.1 Å². The molecule has 10 nitrogen and oxygen atoms in total. The molecule has 2 saturated heterocycles. The van der Waals surface area contributed by atoms with Crippen molar-refractivity contribution < 1.29 is 27.5 Å². The molecule has 266 valence electrons. The van der Waals surface area contributed by atoms with Crippen molar-refractivity contribution in [3.63, 3.8) is 0 Å². The number of morpholine rings is 1. The van der Waals surface area contributed by atoms with Gasteiger partial charge in [-0.15, -0.1) is 0 Å². The molecule has 1 N–H and O–H groups in total. The number of nitrogens with one attached hydrogen (secondary N) is 1. The third kappa shape index (κ3) is 5.12. The molecule has 6 aliphatic rings. The Bertz CT molecular complexity index is 1960. The van der Waals surface area contributed by atoms with Gasteiger partial charge < -0.3 is 23.8 Å². The monoisotopic (exact) mass is 700 g/mol. The minimum atomic E-state index is -3.77. The van der Waals surface area contributed by atoms with Crippen LogP contribution in [0.15, 0.2) is 36.4 Å². The fourth-order valence-electron chi connectivity index (χ4n) is 10.4. The van der Waals surface area contributed by atoms with Gasteiger partial charge in [0.2, 0.25) is 15.9 Å². The average Bonchev–Trinajstić information content (AvgIpc) is 3.43. The fraction of sp³-hybridized carbons (Fsp3) is 0.590. The Morgan fingerprint density at radius 1 is 0.940 bits per heavy atom. The zero-order valence-electron chi connectivity index (χ0n) is 29.2. The highest BCUT2D eigenvalue weighted by atomic mass is 32.2. The zero-order chi connectivity index (χ0) is 34.4. The van der Waals surface area contributed by atoms with Gasteiger partial charge in [-0.25, -0.2) is 13.1 Å². The molecule has 3 saturated carbocycles. The predicted octanol–water partition coefficient (Wildman–Crippen LogP) is 5.40. The molecule has 0 spiro atoms. The SMILES string of the molecule is COc1ccc2c(c1)C1CC1(C(=O)N1[C@@H]3COC[C@H]1CN(C)C3)Cn1c-2c(C2CCCCC2)c2ccc(C(=O)NS(=O)(=O)C3CCCC3)cc21. The molecule has 9 rings (SSSR count). The van der Waals surface area contributed by atoms with E-state index in [1.807, 2.05) is 18.2 Å². The van der Waals surface area contributed by atoms with Crippen molar-refractivity contribution in [2.24, 2.45) is 5.41 Å². The minimum absolute atomic E-state index is 0.0134. The van der Waals surface area contributed by atoms with Crippen LogP contribution in [0.3, 0.4) is 0 Å². The van der Waals surface area contributed by atoms with Crippen molar-refractivity contribution in [3.8, 4) is 17.0 Å². The van der Waals surface area contributed by atoms with Crippen LogP contribution in [0.25, 0.3) is 22.2 Å². The van der Waals surface area contributed by atoms with E-state index in [1.54, 1.807) is 13.2 Å². The largest absolute Gasteiger partial charge is 0.497 e. The third-order valence-electron chi connectivity index (χ3n) is 12.9. The van der Waals surface area contributed by atoms with Crippen LogP contribution in [-0.4, -0.2) is 92.4 Å². The number of nitrogens with zero attached hydrogens (tertiary/aromatic N) is 3. The molecule has 3 aromatic rings. The number of methoxy groups -OCH3 is 1. The number of carbonyl (C=O) groups is 2. The average molecular weight is 701 g/mol. The number of hydrogen-bond acceptors (Lipinski definition) is 7. The lowest BCUT2D eigenvalue weighted by Gasteiger charge is -2.50. The number of aromatic nitrogens is 1. The highest BCUT2D eigenvalue weighted by Gasteiger charge is 2.65. The second-order valence-electron chi connectivity index (χ2n) is 15.9. The molecule has 50 heavy (non-hydrogen) atoms. The summed E-state index contributed by atoms with van der Waals surface area (Å²) in [6.07, 6.45) is 9.41. The van der Waals surface area contributed by atoms with Crippen molar-refractivity contribution in [2.45, 2.75) is 99.9 Å². The van der Waals surface area contributed by atoms with Gasteiger partial charge in [-0.05, 0) is 86.5 Å². The van der Waals surface area contributed by atoms with E-state index >= 15 is 4.79 Å². The molecule has 11 heteroatoms. The predicted molar refractivity (Wildman–Crippen MR) is 191 cm³/mol. The van der Waals surface area contributed by atoms with Gasteiger partial charge in [0.15, 0.2) is 0 Å². The normalized spacial score (nSPS) is 28.4. The lowest BCUT2D eigenvalue weighted by atomic mass is 9.81. The van der Waals surface area contributed by atoms with Gasteiger partial charge in [-0.3, -0.25) is 9.59 Å². The Morgan fingerprint density at radius 2 is 1.66 bits per heavy atom. The quantitative estimate of drug-likeness (QED) is 0.367. The van der Waals surface area contributed by atoms with E-state index in [9.17, 15) is 13.2 Å². The van der Waals surface area contributed by atoms with Crippen molar-refractivity contribution in [1.29, 1.82) is 0 Å². The molecule has 0 radical (unpaired) electrons. The second-order valence-corrected chi connectivity index (χ2v) is 17.9. The summed E-state index contributed by atoms with van der Waals surface area (Å²) < 4.78 is 42.8. The number of rotatable bonds is 6. The van der Waals surface area contributed by atoms with Crippen LogP contribution in [0, 0.1) is 5.41 Å². The summed E-state index contributed by atoms with van der Waals surface area (Å²) >= 11 is 0. The van der Waals surface area contributed by atoms with E-state index in [2.05, 4.69) is 38.3 Å². The third-order valence-corrected chi connectivity index (χ3v) is 14.7. The maximum atomic E-state index is 15.1. The van der Waals surface area contributed by atoms with Crippen LogP contribution >= 0.6 is 0 Å². The number of piperazine rings is 1. The molecule has 2 amide bonds. The molecule has 1 aromatic heterocycles. The standard InChI is InChI=1S/C39H48N4O6S/c1-41-19-26-21-49-22-27(20-41)43(26)38(45)39-18-33(39)32-17-28(48-2)13-15-30(32)36-35(24-8-4-3-5-9-24)31-14-12-25(16-34(31)42(36)23-39)37(44)40-50(46,47)29-10-6-7-11-29/h12-17,24,26-27,29,33H,3-11,18-23H2,1-2H3,(H,40,44)/t26-,27+,33?,39?. The Balaban J connectivity index is 1.20. The number of hydrogen-bond donors (Lipinski definition) is 1. The summed E-state index contributed by atoms with van der Waals surface area (Å²) in [6, 6.07) is 12.1. The Hall–Kier alpha value is -3.41. The van der Waals surface area contributed by atoms with E-state index in [-0.39, 0.29) is 23.9 Å². The second kappa shape index (κ2) is 12.1. The number of fused-ring (bicyclic) bond motifs is 9. The van der Waals surface area contributed by atoms with Gasteiger partial charge in [0.05, 0.1) is 48.8 Å². The summed E-state index contributed by atoms with van der Waals surface area (Å²) in [5.41, 5.74) is 5.31. The lowest BCUT2D eigenvalue weighted by molar-refractivity contribution is -0.160. The van der Waals surface area contributed by atoms with Crippen LogP contribution in [0.2, 0.25) is 0 Å². The molecular formula is C39H48N4O6S. The first-order valence-electron chi connectivity index (χ1n) is 18.7. The maximum absolute atomic E-state index is 15.1. The summed E-state index contributed by atoms with van der Waals surface area (Å²) in [4.78, 5) is 33.3. The zero-order valence-corrected chi connectivity index (χ0v) is 30.0. The minimum Gasteiger partial charge on any atom is -0.497 e. The van der Waals surface area contributed by atoms with Crippen LogP contribution in [0.4, 0.5) is 0 Å². The first-order valence-corrected chi connectivity index (χ1v) is 20.2. The molecular weight excluding hydrogens is 653 g/mol. The molecule has 5 fully saturated rings. The Kier molecular flexibility index (Phi) is 7.86. The van der Waals surface area contributed by atoms with E-state index < -0.39 is 26.6 Å². The van der Waals surface area contributed by atoms with Gasteiger partial charge in [0.1, 0.15) is 5.75 Å². The number of likely N-dealkylation sites (N-methyl/N-ethyl adjacent to an activating group) is 1. The van der Waals surface area contributed by atoms with E-state index in [0.29, 0.717) is 44.1 Å². The lowest BCUT2D eigenvalue weighted by Crippen LogP contribution is -2.66. The molecule has 2 unspecified atom stereocenters. The van der Waals surface area contributed by atoms with Crippen molar-refractivity contribution in [3.05, 3.63) is 53.1 Å². The number of sulfonamides is 1. The number of ether oxygens (including phenoxy) is 2. The molecule has 4 atom stereocenters. The fourth-order valence-corrected chi connectivity index (χ4v) is 11.9. The number of benzene rings is 2. The van der Waals surface area contributed by atoms with Crippen molar-refractivity contribution >= 4 is 32.7 Å². The van der Waals surface area contributed by atoms with Crippen molar-refractivity contribution in [2.75, 3.05) is 40.5 Å². The van der Waals surface area contributed by atoms with Crippen LogP contribution in [0.1, 0.15) is 97.5 Å². The first-order chi connectivity index (χ1) is 24.2. The van der Waals surface area contributed by atoms with Gasteiger partial charge in [-0.2, -0.15) is 0 Å². The Morgan fingerprint density at radius 3 is 2.38 bits per heavy atom. The summed E-state index contributed by atoms with van der Waals surface area (Å²) in [5.74, 6) is 0.794. The molecule has 3 aliphatic carbocycles. The molecule has 2 aromatic carbocycles. The van der Waals surface area contributed by atoms with Gasteiger partial charge in [0, 0.05) is 47.6 Å². The highest BCUT2D eigenvalue weighted by molar-refractivity contribution is 7.90. The topological polar surface area (TPSA) is 110 Å². The summed E-state index contributed by atoms with van der Waals surface area (Å²) in [6.45, 7) is 3.18. The van der Waals surface area contributed by atoms with Gasteiger partial charge in [-0.1, -0.05) is 38.2 Å². The van der Waals surface area contributed by atoms with Crippen LogP contribution < -0.4 is 9.46 Å². The molecule has 4 heterocycles. The number of amides is 2. The summed E-state index contributed by atoms with van der Waals surface area (Å²) in [7, 11) is 0.0443. The number of carbonyl (C=O) groups excluding carboxylic acids is 2. The highest BCUT2D eigenvalue weighted by Crippen LogP contribution is 2.66. The molecule has 3 aliphatic heterocycles. The first kappa shape index (κ1) is 32.5. The maximum Gasteiger partial charge on any atom is 0.264 e.